The number of thioether (sulfide) groups is 1. The molecule has 3 aromatic carbocycles. The first-order chi connectivity index (χ1) is 17.4. The molecule has 1 aliphatic rings. The Morgan fingerprint density at radius 2 is 1.69 bits per heavy atom. The van der Waals surface area contributed by atoms with Crippen molar-refractivity contribution in [3.63, 3.8) is 0 Å². The molecule has 0 bridgehead atoms. The topological polar surface area (TPSA) is 71.3 Å². The number of hydrogen-bond donors (Lipinski definition) is 1. The minimum Gasteiger partial charge on any atom is -0.334 e. The van der Waals surface area contributed by atoms with E-state index in [1.165, 1.54) is 4.90 Å². The van der Waals surface area contributed by atoms with Crippen molar-refractivity contribution in [3.8, 4) is 11.4 Å². The number of aromatic nitrogens is 2. The largest absolute Gasteiger partial charge is 0.334 e. The van der Waals surface area contributed by atoms with Crippen molar-refractivity contribution in [2.75, 3.05) is 6.26 Å². The Labute approximate surface area is 215 Å². The van der Waals surface area contributed by atoms with Gasteiger partial charge in [-0.05, 0) is 68.0 Å². The van der Waals surface area contributed by atoms with Gasteiger partial charge in [0.2, 0.25) is 5.82 Å². The van der Waals surface area contributed by atoms with Crippen LogP contribution >= 0.6 is 11.8 Å². The summed E-state index contributed by atoms with van der Waals surface area (Å²) in [7, 11) is 0. The van der Waals surface area contributed by atoms with Crippen LogP contribution in [-0.2, 0) is 6.54 Å². The molecule has 0 aliphatic carbocycles. The highest BCUT2D eigenvalue weighted by atomic mass is 32.2. The number of amides is 2. The second-order valence-electron chi connectivity index (χ2n) is 8.96. The summed E-state index contributed by atoms with van der Waals surface area (Å²) in [5, 5.41) is 7.46. The molecular weight excluding hydrogens is 468 g/mol. The maximum absolute atomic E-state index is 13.3. The fraction of sp³-hybridized carbons (Fsp3) is 0.207. The highest BCUT2D eigenvalue weighted by molar-refractivity contribution is 7.98. The van der Waals surface area contributed by atoms with Gasteiger partial charge < -0.3 is 9.84 Å². The molecule has 0 radical (unpaired) electrons. The second-order valence-corrected chi connectivity index (χ2v) is 9.84. The van der Waals surface area contributed by atoms with E-state index in [1.54, 1.807) is 16.7 Å². The summed E-state index contributed by atoms with van der Waals surface area (Å²) in [5.41, 5.74) is 6.80. The standard InChI is InChI=1S/C29H28N4O2S/c1-18-9-11-21(12-10-18)26-25(28-31-27(32-35-28)22-13-15-24(36-4)16-14-22)20(3)33(29(34)30-26)17-23-8-6-5-7-19(23)2/h5-16,26H,17H2,1-4H3,(H,30,34). The molecule has 0 saturated carbocycles. The van der Waals surface area contributed by atoms with E-state index in [4.69, 9.17) is 9.51 Å². The average Bonchev–Trinajstić information content (AvgIpc) is 3.37. The molecule has 1 aliphatic heterocycles. The summed E-state index contributed by atoms with van der Waals surface area (Å²) in [6.45, 7) is 6.50. The lowest BCUT2D eigenvalue weighted by Gasteiger charge is -2.35. The molecule has 1 atom stereocenters. The van der Waals surface area contributed by atoms with Crippen LogP contribution in [0.1, 0.15) is 41.1 Å². The van der Waals surface area contributed by atoms with Gasteiger partial charge in [-0.15, -0.1) is 11.8 Å². The molecule has 2 heterocycles. The van der Waals surface area contributed by atoms with Gasteiger partial charge in [-0.3, -0.25) is 4.90 Å². The van der Waals surface area contributed by atoms with Crippen molar-refractivity contribution in [1.29, 1.82) is 0 Å². The molecule has 2 amide bonds. The van der Waals surface area contributed by atoms with E-state index in [-0.39, 0.29) is 6.03 Å². The number of rotatable bonds is 6. The first kappa shape index (κ1) is 23.9. The van der Waals surface area contributed by atoms with Crippen molar-refractivity contribution in [2.24, 2.45) is 0 Å². The molecule has 7 heteroatoms. The summed E-state index contributed by atoms with van der Waals surface area (Å²) in [6, 6.07) is 23.8. The third-order valence-corrected chi connectivity index (χ3v) is 7.34. The quantitative estimate of drug-likeness (QED) is 0.298. The minimum atomic E-state index is -0.404. The molecule has 4 aromatic rings. The fourth-order valence-corrected chi connectivity index (χ4v) is 4.81. The van der Waals surface area contributed by atoms with E-state index in [0.29, 0.717) is 18.3 Å². The number of urea groups is 1. The Morgan fingerprint density at radius 3 is 2.39 bits per heavy atom. The van der Waals surface area contributed by atoms with Crippen molar-refractivity contribution in [2.45, 2.75) is 38.3 Å². The Kier molecular flexibility index (Phi) is 6.65. The second kappa shape index (κ2) is 10.0. The first-order valence-electron chi connectivity index (χ1n) is 11.8. The van der Waals surface area contributed by atoms with Gasteiger partial charge in [-0.2, -0.15) is 4.98 Å². The molecule has 1 aromatic heterocycles. The number of aryl methyl sites for hydroxylation is 2. The molecule has 1 N–H and O–H groups in total. The van der Waals surface area contributed by atoms with Crippen LogP contribution in [0.3, 0.4) is 0 Å². The van der Waals surface area contributed by atoms with E-state index >= 15 is 0 Å². The first-order valence-corrected chi connectivity index (χ1v) is 13.1. The van der Waals surface area contributed by atoms with Gasteiger partial charge in [0, 0.05) is 16.2 Å². The van der Waals surface area contributed by atoms with Gasteiger partial charge in [-0.1, -0.05) is 59.3 Å². The lowest BCUT2D eigenvalue weighted by Crippen LogP contribution is -2.45. The smallest absolute Gasteiger partial charge is 0.322 e. The number of allylic oxidation sites excluding steroid dienone is 1. The lowest BCUT2D eigenvalue weighted by atomic mass is 9.93. The van der Waals surface area contributed by atoms with Crippen LogP contribution in [0, 0.1) is 13.8 Å². The van der Waals surface area contributed by atoms with E-state index in [1.807, 2.05) is 86.8 Å². The number of nitrogens with one attached hydrogen (secondary N) is 1. The van der Waals surface area contributed by atoms with Crippen LogP contribution < -0.4 is 5.32 Å². The van der Waals surface area contributed by atoms with Gasteiger partial charge >= 0.3 is 6.03 Å². The molecule has 0 saturated heterocycles. The fourth-order valence-electron chi connectivity index (χ4n) is 4.41. The Balaban J connectivity index is 1.58. The zero-order chi connectivity index (χ0) is 25.2. The number of carbonyl (C=O) groups excluding carboxylic acids is 1. The zero-order valence-corrected chi connectivity index (χ0v) is 21.6. The van der Waals surface area contributed by atoms with Crippen LogP contribution in [0.4, 0.5) is 4.79 Å². The number of benzene rings is 3. The van der Waals surface area contributed by atoms with Gasteiger partial charge in [-0.25, -0.2) is 4.79 Å². The SMILES string of the molecule is CSc1ccc(-c2noc(C3=C(C)N(Cc4ccccc4C)C(=O)NC3c3ccc(C)cc3)n2)cc1. The van der Waals surface area contributed by atoms with Crippen LogP contribution in [0.15, 0.2) is 87.9 Å². The van der Waals surface area contributed by atoms with Crippen molar-refractivity contribution < 1.29 is 9.32 Å². The van der Waals surface area contributed by atoms with E-state index in [9.17, 15) is 4.79 Å². The molecule has 6 nitrogen and oxygen atoms in total. The van der Waals surface area contributed by atoms with Crippen molar-refractivity contribution in [3.05, 3.63) is 107 Å². The van der Waals surface area contributed by atoms with Crippen LogP contribution in [0.25, 0.3) is 17.0 Å². The maximum Gasteiger partial charge on any atom is 0.322 e. The normalized spacial score (nSPS) is 15.8. The van der Waals surface area contributed by atoms with Gasteiger partial charge in [0.15, 0.2) is 0 Å². The molecule has 36 heavy (non-hydrogen) atoms. The monoisotopic (exact) mass is 496 g/mol. The maximum atomic E-state index is 13.3. The number of hydrogen-bond acceptors (Lipinski definition) is 5. The van der Waals surface area contributed by atoms with Gasteiger partial charge in [0.1, 0.15) is 0 Å². The summed E-state index contributed by atoms with van der Waals surface area (Å²) in [6.07, 6.45) is 2.04. The molecule has 0 fully saturated rings. The highest BCUT2D eigenvalue weighted by Gasteiger charge is 2.36. The van der Waals surface area contributed by atoms with E-state index in [2.05, 4.69) is 23.5 Å². The number of carbonyl (C=O) groups is 1. The lowest BCUT2D eigenvalue weighted by molar-refractivity contribution is 0.203. The van der Waals surface area contributed by atoms with Crippen molar-refractivity contribution in [1.82, 2.24) is 20.4 Å². The van der Waals surface area contributed by atoms with Gasteiger partial charge in [0.05, 0.1) is 18.2 Å². The summed E-state index contributed by atoms with van der Waals surface area (Å²) >= 11 is 1.68. The molecule has 1 unspecified atom stereocenters. The Morgan fingerprint density at radius 1 is 0.972 bits per heavy atom. The summed E-state index contributed by atoms with van der Waals surface area (Å²) < 4.78 is 5.82. The molecule has 0 spiro atoms. The van der Waals surface area contributed by atoms with E-state index < -0.39 is 6.04 Å². The van der Waals surface area contributed by atoms with E-state index in [0.717, 1.165) is 39.1 Å². The van der Waals surface area contributed by atoms with Crippen molar-refractivity contribution >= 4 is 23.4 Å². The number of nitrogens with zero attached hydrogens (tertiary/aromatic N) is 3. The third kappa shape index (κ3) is 4.66. The average molecular weight is 497 g/mol. The minimum absolute atomic E-state index is 0.155. The van der Waals surface area contributed by atoms with Crippen LogP contribution in [-0.4, -0.2) is 27.3 Å². The Hall–Kier alpha value is -3.84. The van der Waals surface area contributed by atoms with Crippen LogP contribution in [0.2, 0.25) is 0 Å². The zero-order valence-electron chi connectivity index (χ0n) is 20.8. The third-order valence-electron chi connectivity index (χ3n) is 6.60. The molecule has 182 valence electrons. The predicted molar refractivity (Wildman–Crippen MR) is 143 cm³/mol. The molecule has 5 rings (SSSR count). The summed E-state index contributed by atoms with van der Waals surface area (Å²) in [5.74, 6) is 0.916. The van der Waals surface area contributed by atoms with Gasteiger partial charge in [0.25, 0.3) is 5.89 Å². The highest BCUT2D eigenvalue weighted by Crippen LogP contribution is 2.38. The van der Waals surface area contributed by atoms with Crippen LogP contribution in [0.5, 0.6) is 0 Å². The predicted octanol–water partition coefficient (Wildman–Crippen LogP) is 6.77. The Bertz CT molecular complexity index is 1420. The molecular formula is C29H28N4O2S. The summed E-state index contributed by atoms with van der Waals surface area (Å²) in [4.78, 5) is 21.0.